The minimum atomic E-state index is -0.585. The van der Waals surface area contributed by atoms with Crippen LogP contribution < -0.4 is 16.2 Å². The van der Waals surface area contributed by atoms with Crippen molar-refractivity contribution in [3.05, 3.63) is 87.9 Å². The number of aromatic nitrogens is 1. The van der Waals surface area contributed by atoms with E-state index in [1.54, 1.807) is 23.6 Å². The number of azo groups is 1. The highest BCUT2D eigenvalue weighted by Crippen LogP contribution is 2.28. The number of anilines is 1. The van der Waals surface area contributed by atoms with Crippen molar-refractivity contribution in [1.82, 2.24) is 10.6 Å². The minimum Gasteiger partial charge on any atom is -0.422 e. The standard InChI is InChI=1S/C22H15N5O4S/c1-13-6-8-15(9-7-13)27-18(21(29)31-26-27)11-23-25-22-24-17(12-32-22)16-10-14-4-2-3-5-19(14)30-20(16)28/h2-12,26H,1H3/b18-11+,25-23?. The molecule has 32 heavy (non-hydrogen) atoms. The van der Waals surface area contributed by atoms with E-state index >= 15 is 0 Å². The molecule has 0 aliphatic carbocycles. The lowest BCUT2D eigenvalue weighted by Gasteiger charge is -2.14. The van der Waals surface area contributed by atoms with Crippen molar-refractivity contribution in [1.29, 1.82) is 0 Å². The van der Waals surface area contributed by atoms with Crippen molar-refractivity contribution in [2.45, 2.75) is 6.92 Å². The Hall–Kier alpha value is -4.15. The smallest absolute Gasteiger partial charge is 0.378 e. The van der Waals surface area contributed by atoms with Crippen LogP contribution in [-0.4, -0.2) is 11.0 Å². The average Bonchev–Trinajstić information content (AvgIpc) is 3.41. The van der Waals surface area contributed by atoms with Crippen LogP contribution in [0.5, 0.6) is 0 Å². The molecule has 2 aromatic heterocycles. The molecule has 1 N–H and O–H groups in total. The first kappa shape index (κ1) is 19.8. The third kappa shape index (κ3) is 3.80. The van der Waals surface area contributed by atoms with Crippen LogP contribution in [0.25, 0.3) is 22.2 Å². The zero-order valence-electron chi connectivity index (χ0n) is 16.7. The monoisotopic (exact) mass is 445 g/mol. The summed E-state index contributed by atoms with van der Waals surface area (Å²) in [5.41, 5.74) is 5.33. The number of carbonyl (C=O) groups excluding carboxylic acids is 1. The first-order valence-corrected chi connectivity index (χ1v) is 10.4. The molecule has 0 bridgehead atoms. The fourth-order valence-corrected chi connectivity index (χ4v) is 3.73. The van der Waals surface area contributed by atoms with E-state index in [1.165, 1.54) is 22.5 Å². The van der Waals surface area contributed by atoms with Crippen molar-refractivity contribution >= 4 is 39.1 Å². The van der Waals surface area contributed by atoms with Gasteiger partial charge in [-0.2, -0.15) is 5.11 Å². The lowest BCUT2D eigenvalue weighted by molar-refractivity contribution is -0.140. The van der Waals surface area contributed by atoms with Gasteiger partial charge in [0.25, 0.3) is 0 Å². The fourth-order valence-electron chi connectivity index (χ4n) is 3.08. The van der Waals surface area contributed by atoms with E-state index in [0.717, 1.165) is 10.9 Å². The highest BCUT2D eigenvalue weighted by molar-refractivity contribution is 7.13. The van der Waals surface area contributed by atoms with Gasteiger partial charge in [-0.3, -0.25) is 0 Å². The van der Waals surface area contributed by atoms with Gasteiger partial charge in [0.1, 0.15) is 5.58 Å². The van der Waals surface area contributed by atoms with Crippen molar-refractivity contribution in [2.24, 2.45) is 10.2 Å². The molecule has 0 unspecified atom stereocenters. The Labute approximate surface area is 185 Å². The summed E-state index contributed by atoms with van der Waals surface area (Å²) in [7, 11) is 0. The van der Waals surface area contributed by atoms with Gasteiger partial charge in [-0.1, -0.05) is 41.5 Å². The zero-order valence-corrected chi connectivity index (χ0v) is 17.5. The summed E-state index contributed by atoms with van der Waals surface area (Å²) >= 11 is 1.21. The van der Waals surface area contributed by atoms with E-state index in [-0.39, 0.29) is 5.70 Å². The topological polar surface area (TPSA) is 109 Å². The number of para-hydroxylation sites is 1. The summed E-state index contributed by atoms with van der Waals surface area (Å²) in [6, 6.07) is 16.5. The Morgan fingerprint density at radius 2 is 1.94 bits per heavy atom. The Morgan fingerprint density at radius 3 is 2.78 bits per heavy atom. The highest BCUT2D eigenvalue weighted by Gasteiger charge is 2.29. The molecule has 0 atom stereocenters. The van der Waals surface area contributed by atoms with Gasteiger partial charge in [0.2, 0.25) is 5.13 Å². The van der Waals surface area contributed by atoms with Crippen molar-refractivity contribution in [3.8, 4) is 11.3 Å². The summed E-state index contributed by atoms with van der Waals surface area (Å²) in [5.74, 6) is -0.585. The van der Waals surface area contributed by atoms with Crippen LogP contribution in [0.15, 0.2) is 91.3 Å². The van der Waals surface area contributed by atoms with Crippen LogP contribution >= 0.6 is 11.3 Å². The molecule has 0 saturated carbocycles. The van der Waals surface area contributed by atoms with Gasteiger partial charge < -0.3 is 9.25 Å². The van der Waals surface area contributed by atoms with Crippen molar-refractivity contribution in [3.63, 3.8) is 0 Å². The molecule has 0 spiro atoms. The number of carbonyl (C=O) groups is 1. The lowest BCUT2D eigenvalue weighted by atomic mass is 10.1. The third-order valence-corrected chi connectivity index (χ3v) is 5.43. The maximum absolute atomic E-state index is 12.3. The lowest BCUT2D eigenvalue weighted by Crippen LogP contribution is -2.28. The predicted molar refractivity (Wildman–Crippen MR) is 119 cm³/mol. The third-order valence-electron chi connectivity index (χ3n) is 4.70. The number of aryl methyl sites for hydroxylation is 1. The number of hydrogen-bond acceptors (Lipinski definition) is 10. The molecule has 0 amide bonds. The summed E-state index contributed by atoms with van der Waals surface area (Å²) in [6.45, 7) is 1.97. The number of thiazole rings is 1. The van der Waals surface area contributed by atoms with Gasteiger partial charge >= 0.3 is 11.6 Å². The highest BCUT2D eigenvalue weighted by atomic mass is 32.1. The number of nitrogens with one attached hydrogen (secondary N) is 1. The molecule has 2 aromatic carbocycles. The first-order valence-electron chi connectivity index (χ1n) is 9.52. The normalized spacial score (nSPS) is 15.2. The van der Waals surface area contributed by atoms with Crippen LogP contribution in [0.2, 0.25) is 0 Å². The van der Waals surface area contributed by atoms with Crippen LogP contribution in [0.4, 0.5) is 10.8 Å². The van der Waals surface area contributed by atoms with Gasteiger partial charge in [-0.25, -0.2) is 19.6 Å². The second kappa shape index (κ2) is 8.17. The largest absolute Gasteiger partial charge is 0.422 e. The van der Waals surface area contributed by atoms with E-state index in [9.17, 15) is 9.59 Å². The maximum Gasteiger partial charge on any atom is 0.378 e. The van der Waals surface area contributed by atoms with E-state index in [1.807, 2.05) is 43.3 Å². The van der Waals surface area contributed by atoms with E-state index in [0.29, 0.717) is 27.7 Å². The van der Waals surface area contributed by atoms with Crippen molar-refractivity contribution in [2.75, 3.05) is 5.01 Å². The van der Waals surface area contributed by atoms with Crippen LogP contribution in [0.1, 0.15) is 5.56 Å². The van der Waals surface area contributed by atoms with E-state index < -0.39 is 11.6 Å². The molecular weight excluding hydrogens is 430 g/mol. The molecule has 1 aliphatic heterocycles. The quantitative estimate of drug-likeness (QED) is 0.277. The maximum atomic E-state index is 12.3. The van der Waals surface area contributed by atoms with Gasteiger partial charge in [0, 0.05) is 10.8 Å². The second-order valence-corrected chi connectivity index (χ2v) is 7.72. The second-order valence-electron chi connectivity index (χ2n) is 6.88. The molecule has 4 aromatic rings. The Balaban J connectivity index is 1.39. The fraction of sp³-hybridized carbons (Fsp3) is 0.0455. The number of hydrazine groups is 1. The van der Waals surface area contributed by atoms with Gasteiger partial charge in [0.15, 0.2) is 5.70 Å². The molecule has 10 heteroatoms. The molecular formula is C22H15N5O4S. The molecule has 158 valence electrons. The van der Waals surface area contributed by atoms with Crippen molar-refractivity contribution < 1.29 is 14.0 Å². The summed E-state index contributed by atoms with van der Waals surface area (Å²) in [6.07, 6.45) is 1.29. The van der Waals surface area contributed by atoms with Crippen LogP contribution in [0.3, 0.4) is 0 Å². The number of benzene rings is 2. The van der Waals surface area contributed by atoms with Crippen LogP contribution in [-0.2, 0) is 9.63 Å². The minimum absolute atomic E-state index is 0.171. The number of hydrogen-bond donors (Lipinski definition) is 1. The van der Waals surface area contributed by atoms with Gasteiger partial charge in [0.05, 0.1) is 23.1 Å². The molecule has 0 radical (unpaired) electrons. The first-order chi connectivity index (χ1) is 15.6. The number of rotatable bonds is 4. The van der Waals surface area contributed by atoms with E-state index in [2.05, 4.69) is 20.8 Å². The average molecular weight is 445 g/mol. The molecule has 5 rings (SSSR count). The molecule has 1 aliphatic rings. The summed E-state index contributed by atoms with van der Waals surface area (Å²) in [4.78, 5) is 33.6. The Bertz CT molecular complexity index is 1440. The summed E-state index contributed by atoms with van der Waals surface area (Å²) in [5, 5.41) is 12.3. The number of fused-ring (bicyclic) bond motifs is 1. The SMILES string of the molecule is Cc1ccc(N2NOC(=O)/C2=C\N=Nc2nc(-c3cc4ccccc4oc3=O)cs2)cc1. The number of nitrogens with zero attached hydrogens (tertiary/aromatic N) is 4. The summed E-state index contributed by atoms with van der Waals surface area (Å²) < 4.78 is 5.36. The molecule has 1 fully saturated rings. The van der Waals surface area contributed by atoms with E-state index in [4.69, 9.17) is 9.25 Å². The van der Waals surface area contributed by atoms with Crippen LogP contribution in [0, 0.1) is 6.92 Å². The Kier molecular flexibility index (Phi) is 5.06. The predicted octanol–water partition coefficient (Wildman–Crippen LogP) is 4.63. The Morgan fingerprint density at radius 1 is 1.12 bits per heavy atom. The molecule has 1 saturated heterocycles. The molecule has 3 heterocycles. The molecule has 9 nitrogen and oxygen atoms in total. The van der Waals surface area contributed by atoms with Gasteiger partial charge in [-0.15, -0.1) is 16.5 Å². The zero-order chi connectivity index (χ0) is 22.1. The van der Waals surface area contributed by atoms with Gasteiger partial charge in [-0.05, 0) is 31.2 Å².